The SMILES string of the molecule is CCCCOc1ccc(CN2C(=O)[C@@H](NC(C)=O)c3cc(C)cc(C)c32)cc1OC. The van der Waals surface area contributed by atoms with Gasteiger partial charge in [0.2, 0.25) is 5.91 Å². The Labute approximate surface area is 178 Å². The summed E-state index contributed by atoms with van der Waals surface area (Å²) in [6.45, 7) is 8.56. The van der Waals surface area contributed by atoms with Crippen LogP contribution in [0.4, 0.5) is 5.69 Å². The molecule has 1 aliphatic rings. The number of fused-ring (bicyclic) bond motifs is 1. The van der Waals surface area contributed by atoms with E-state index < -0.39 is 6.04 Å². The summed E-state index contributed by atoms with van der Waals surface area (Å²) in [5, 5.41) is 2.80. The molecule has 0 spiro atoms. The maximum atomic E-state index is 13.2. The summed E-state index contributed by atoms with van der Waals surface area (Å²) in [5.74, 6) is 0.993. The molecule has 0 saturated heterocycles. The summed E-state index contributed by atoms with van der Waals surface area (Å²) in [5.41, 5.74) is 4.72. The van der Waals surface area contributed by atoms with Crippen LogP contribution < -0.4 is 19.7 Å². The van der Waals surface area contributed by atoms with E-state index in [0.29, 0.717) is 24.7 Å². The number of benzene rings is 2. The number of unbranched alkanes of at least 4 members (excludes halogenated alkanes) is 1. The minimum atomic E-state index is -0.658. The quantitative estimate of drug-likeness (QED) is 0.662. The molecular weight excluding hydrogens is 380 g/mol. The Kier molecular flexibility index (Phi) is 6.65. The van der Waals surface area contributed by atoms with Gasteiger partial charge >= 0.3 is 0 Å². The number of carbonyl (C=O) groups excluding carboxylic acids is 2. The normalized spacial score (nSPS) is 15.2. The van der Waals surface area contributed by atoms with Gasteiger partial charge in [-0.3, -0.25) is 9.59 Å². The molecule has 0 saturated carbocycles. The van der Waals surface area contributed by atoms with Crippen molar-refractivity contribution in [2.24, 2.45) is 0 Å². The second-order valence-corrected chi connectivity index (χ2v) is 7.76. The smallest absolute Gasteiger partial charge is 0.254 e. The third-order valence-corrected chi connectivity index (χ3v) is 5.24. The van der Waals surface area contributed by atoms with Crippen molar-refractivity contribution in [1.82, 2.24) is 5.32 Å². The fourth-order valence-corrected chi connectivity index (χ4v) is 3.92. The molecule has 2 aromatic carbocycles. The highest BCUT2D eigenvalue weighted by molar-refractivity contribution is 6.06. The summed E-state index contributed by atoms with van der Waals surface area (Å²) >= 11 is 0. The molecule has 0 fully saturated rings. The van der Waals surface area contributed by atoms with Crippen LogP contribution in [0.3, 0.4) is 0 Å². The number of methoxy groups -OCH3 is 1. The number of nitrogens with one attached hydrogen (secondary N) is 1. The third kappa shape index (κ3) is 4.42. The molecule has 2 amide bonds. The zero-order valence-corrected chi connectivity index (χ0v) is 18.4. The molecule has 1 heterocycles. The fraction of sp³-hybridized carbons (Fsp3) is 0.417. The van der Waals surface area contributed by atoms with Gasteiger partial charge in [-0.2, -0.15) is 0 Å². The molecule has 6 heteroatoms. The number of anilines is 1. The van der Waals surface area contributed by atoms with E-state index in [2.05, 4.69) is 18.3 Å². The number of hydrogen-bond donors (Lipinski definition) is 1. The van der Waals surface area contributed by atoms with Crippen LogP contribution in [0.2, 0.25) is 0 Å². The number of rotatable bonds is 8. The summed E-state index contributed by atoms with van der Waals surface area (Å²) < 4.78 is 11.3. The van der Waals surface area contributed by atoms with E-state index in [-0.39, 0.29) is 11.8 Å². The minimum Gasteiger partial charge on any atom is -0.493 e. The van der Waals surface area contributed by atoms with Gasteiger partial charge in [0.05, 0.1) is 25.9 Å². The summed E-state index contributed by atoms with van der Waals surface area (Å²) in [6, 6.07) is 9.12. The van der Waals surface area contributed by atoms with Crippen LogP contribution >= 0.6 is 0 Å². The van der Waals surface area contributed by atoms with Crippen LogP contribution in [-0.4, -0.2) is 25.5 Å². The van der Waals surface area contributed by atoms with Gasteiger partial charge < -0.3 is 19.7 Å². The molecule has 0 radical (unpaired) electrons. The summed E-state index contributed by atoms with van der Waals surface area (Å²) in [7, 11) is 1.61. The van der Waals surface area contributed by atoms with Gasteiger partial charge in [-0.15, -0.1) is 0 Å². The van der Waals surface area contributed by atoms with E-state index >= 15 is 0 Å². The Balaban J connectivity index is 1.91. The highest BCUT2D eigenvalue weighted by atomic mass is 16.5. The van der Waals surface area contributed by atoms with Crippen molar-refractivity contribution in [3.63, 3.8) is 0 Å². The Morgan fingerprint density at radius 1 is 1.17 bits per heavy atom. The molecule has 1 aliphatic heterocycles. The predicted molar refractivity (Wildman–Crippen MR) is 117 cm³/mol. The number of amides is 2. The van der Waals surface area contributed by atoms with Crippen molar-refractivity contribution < 1.29 is 19.1 Å². The van der Waals surface area contributed by atoms with E-state index in [0.717, 1.165) is 40.8 Å². The van der Waals surface area contributed by atoms with Gasteiger partial charge in [-0.05, 0) is 43.5 Å². The average Bonchev–Trinajstić information content (AvgIpc) is 2.94. The topological polar surface area (TPSA) is 67.9 Å². The molecule has 0 aromatic heterocycles. The number of nitrogens with zero attached hydrogens (tertiary/aromatic N) is 1. The maximum Gasteiger partial charge on any atom is 0.254 e. The lowest BCUT2D eigenvalue weighted by Crippen LogP contribution is -2.36. The Bertz CT molecular complexity index is 954. The number of hydrogen-bond acceptors (Lipinski definition) is 4. The number of aryl methyl sites for hydroxylation is 2. The first-order chi connectivity index (χ1) is 14.3. The van der Waals surface area contributed by atoms with E-state index in [1.54, 1.807) is 12.0 Å². The molecule has 1 atom stereocenters. The van der Waals surface area contributed by atoms with Gasteiger partial charge in [0.25, 0.3) is 5.91 Å². The van der Waals surface area contributed by atoms with Crippen molar-refractivity contribution in [1.29, 1.82) is 0 Å². The first kappa shape index (κ1) is 21.7. The molecule has 30 heavy (non-hydrogen) atoms. The third-order valence-electron chi connectivity index (χ3n) is 5.24. The van der Waals surface area contributed by atoms with Crippen molar-refractivity contribution in [3.05, 3.63) is 52.6 Å². The highest BCUT2D eigenvalue weighted by Gasteiger charge is 2.39. The van der Waals surface area contributed by atoms with Crippen LogP contribution in [0.25, 0.3) is 0 Å². The largest absolute Gasteiger partial charge is 0.493 e. The van der Waals surface area contributed by atoms with E-state index in [1.807, 2.05) is 38.1 Å². The van der Waals surface area contributed by atoms with Gasteiger partial charge in [0.15, 0.2) is 11.5 Å². The van der Waals surface area contributed by atoms with Crippen LogP contribution in [0, 0.1) is 13.8 Å². The first-order valence-corrected chi connectivity index (χ1v) is 10.3. The second kappa shape index (κ2) is 9.20. The first-order valence-electron chi connectivity index (χ1n) is 10.3. The minimum absolute atomic E-state index is 0.129. The van der Waals surface area contributed by atoms with Crippen LogP contribution in [0.5, 0.6) is 11.5 Å². The van der Waals surface area contributed by atoms with E-state index in [1.165, 1.54) is 6.92 Å². The lowest BCUT2D eigenvalue weighted by molar-refractivity contribution is -0.126. The molecule has 0 aliphatic carbocycles. The van der Waals surface area contributed by atoms with Crippen molar-refractivity contribution in [3.8, 4) is 11.5 Å². The zero-order valence-electron chi connectivity index (χ0n) is 18.4. The molecule has 2 aromatic rings. The lowest BCUT2D eigenvalue weighted by Gasteiger charge is -2.21. The van der Waals surface area contributed by atoms with E-state index in [9.17, 15) is 9.59 Å². The van der Waals surface area contributed by atoms with Crippen LogP contribution in [0.1, 0.15) is 55.0 Å². The van der Waals surface area contributed by atoms with Crippen molar-refractivity contribution in [2.75, 3.05) is 18.6 Å². The molecule has 0 unspecified atom stereocenters. The van der Waals surface area contributed by atoms with Gasteiger partial charge in [0, 0.05) is 12.5 Å². The number of ether oxygens (including phenoxy) is 2. The van der Waals surface area contributed by atoms with Crippen molar-refractivity contribution in [2.45, 2.75) is 53.1 Å². The Hall–Kier alpha value is -3.02. The van der Waals surface area contributed by atoms with Gasteiger partial charge in [-0.1, -0.05) is 37.1 Å². The van der Waals surface area contributed by atoms with Crippen LogP contribution in [-0.2, 0) is 16.1 Å². The van der Waals surface area contributed by atoms with Gasteiger partial charge in [0.1, 0.15) is 6.04 Å². The van der Waals surface area contributed by atoms with E-state index in [4.69, 9.17) is 9.47 Å². The fourth-order valence-electron chi connectivity index (χ4n) is 3.92. The van der Waals surface area contributed by atoms with Gasteiger partial charge in [-0.25, -0.2) is 0 Å². The predicted octanol–water partition coefficient (Wildman–Crippen LogP) is 4.21. The highest BCUT2D eigenvalue weighted by Crippen LogP contribution is 2.40. The zero-order chi connectivity index (χ0) is 21.8. The molecule has 1 N–H and O–H groups in total. The van der Waals surface area contributed by atoms with Crippen molar-refractivity contribution >= 4 is 17.5 Å². The molecule has 160 valence electrons. The Morgan fingerprint density at radius 3 is 2.60 bits per heavy atom. The maximum absolute atomic E-state index is 13.2. The lowest BCUT2D eigenvalue weighted by atomic mass is 10.0. The second-order valence-electron chi connectivity index (χ2n) is 7.76. The molecule has 0 bridgehead atoms. The average molecular weight is 411 g/mol. The number of carbonyl (C=O) groups is 2. The monoisotopic (exact) mass is 410 g/mol. The molecule has 3 rings (SSSR count). The molecular formula is C24H30N2O4. The standard InChI is InChI=1S/C24H30N2O4/c1-6-7-10-30-20-9-8-18(13-21(20)29-5)14-26-23-16(3)11-15(2)12-19(23)22(24(26)28)25-17(4)27/h8-9,11-13,22H,6-7,10,14H2,1-5H3,(H,25,27)/t22-/m0/s1. The summed E-state index contributed by atoms with van der Waals surface area (Å²) in [4.78, 5) is 26.7. The molecule has 6 nitrogen and oxygen atoms in total. The Morgan fingerprint density at radius 2 is 1.93 bits per heavy atom. The summed E-state index contributed by atoms with van der Waals surface area (Å²) in [6.07, 6.45) is 2.04. The van der Waals surface area contributed by atoms with Crippen LogP contribution in [0.15, 0.2) is 30.3 Å².